The molecule has 0 bridgehead atoms. The fraction of sp³-hybridized carbons (Fsp3) is 0.250. The van der Waals surface area contributed by atoms with Crippen LogP contribution in [0.4, 0.5) is 18.9 Å². The zero-order chi connectivity index (χ0) is 21.0. The number of hydrogen-bond acceptors (Lipinski definition) is 5. The van der Waals surface area contributed by atoms with Crippen molar-refractivity contribution in [2.24, 2.45) is 5.73 Å². The lowest BCUT2D eigenvalue weighted by Crippen LogP contribution is -2.32. The van der Waals surface area contributed by atoms with Gasteiger partial charge in [-0.1, -0.05) is 12.1 Å². The summed E-state index contributed by atoms with van der Waals surface area (Å²) in [5.74, 6) is -4.97. The van der Waals surface area contributed by atoms with E-state index in [0.29, 0.717) is 0 Å². The van der Waals surface area contributed by atoms with Gasteiger partial charge in [-0.2, -0.15) is 13.2 Å². The van der Waals surface area contributed by atoms with Crippen LogP contribution in [0.15, 0.2) is 24.2 Å². The number of alkyl halides is 3. The number of hydrogen-bond donors (Lipinski definition) is 4. The summed E-state index contributed by atoms with van der Waals surface area (Å²) >= 11 is 0. The topological polar surface area (TPSA) is 144 Å². The van der Waals surface area contributed by atoms with Crippen LogP contribution in [0.3, 0.4) is 0 Å². The molecule has 10 heteroatoms. The standard InChI is InChI=1S/C10H12N2O3.C2HF3O2/c11-7-4-2-1-3-6(7)9(13)5-8(12)10(14)15;3-2(4,5)1(6)7/h1-4,8H,5,11-12H2,(H,14,15);(H,6,7)/i1D,2D,3D,4D;. The zero-order valence-corrected chi connectivity index (χ0v) is 10.7. The number of para-hydroxylation sites is 1. The van der Waals surface area contributed by atoms with Gasteiger partial charge in [-0.25, -0.2) is 4.79 Å². The van der Waals surface area contributed by atoms with E-state index >= 15 is 0 Å². The third-order valence-corrected chi connectivity index (χ3v) is 1.96. The van der Waals surface area contributed by atoms with Crippen LogP contribution in [0.1, 0.15) is 22.3 Å². The molecule has 6 N–H and O–H groups in total. The summed E-state index contributed by atoms with van der Waals surface area (Å²) in [6.07, 6.45) is -5.68. The van der Waals surface area contributed by atoms with Crippen LogP contribution in [0.2, 0.25) is 0 Å². The third kappa shape index (κ3) is 6.70. The summed E-state index contributed by atoms with van der Waals surface area (Å²) in [6.45, 7) is 0. The van der Waals surface area contributed by atoms with Crippen LogP contribution >= 0.6 is 0 Å². The van der Waals surface area contributed by atoms with Crippen LogP contribution < -0.4 is 11.5 Å². The molecule has 0 radical (unpaired) electrons. The van der Waals surface area contributed by atoms with Crippen LogP contribution in [0.25, 0.3) is 0 Å². The minimum Gasteiger partial charge on any atom is -0.480 e. The first kappa shape index (κ1) is 13.1. The number of carbonyl (C=O) groups excluding carboxylic acids is 1. The molecule has 0 heterocycles. The predicted octanol–water partition coefficient (Wildman–Crippen LogP) is 0.887. The molecule has 0 saturated carbocycles. The summed E-state index contributed by atoms with van der Waals surface area (Å²) in [5, 5.41) is 15.7. The Morgan fingerprint density at radius 2 is 1.68 bits per heavy atom. The first-order valence-electron chi connectivity index (χ1n) is 7.30. The number of carbonyl (C=O) groups is 3. The lowest BCUT2D eigenvalue weighted by Gasteiger charge is -2.07. The highest BCUT2D eigenvalue weighted by Gasteiger charge is 2.38. The molecule has 1 aromatic carbocycles. The molecular weight excluding hydrogens is 309 g/mol. The number of nitrogen functional groups attached to an aromatic ring is 1. The molecular formula is C12H13F3N2O5. The molecule has 22 heavy (non-hydrogen) atoms. The number of carboxylic acid groups (broad SMARTS) is 2. The van der Waals surface area contributed by atoms with Gasteiger partial charge in [0.1, 0.15) is 6.04 Å². The molecule has 0 saturated heterocycles. The van der Waals surface area contributed by atoms with E-state index in [-0.39, 0.29) is 0 Å². The molecule has 0 amide bonds. The van der Waals surface area contributed by atoms with Crippen LogP contribution in [0.5, 0.6) is 0 Å². The molecule has 122 valence electrons. The third-order valence-electron chi connectivity index (χ3n) is 1.96. The Hall–Kier alpha value is -2.62. The normalized spacial score (nSPS) is 14.4. The monoisotopic (exact) mass is 326 g/mol. The maximum atomic E-state index is 11.8. The van der Waals surface area contributed by atoms with E-state index in [9.17, 15) is 22.8 Å². The molecule has 0 aromatic heterocycles. The highest BCUT2D eigenvalue weighted by Crippen LogP contribution is 2.14. The lowest BCUT2D eigenvalue weighted by molar-refractivity contribution is -0.192. The Morgan fingerprint density at radius 1 is 1.23 bits per heavy atom. The van der Waals surface area contributed by atoms with Gasteiger partial charge in [-0.05, 0) is 12.1 Å². The average Bonchev–Trinajstić information content (AvgIpc) is 2.50. The van der Waals surface area contributed by atoms with Crippen molar-refractivity contribution >= 4 is 23.4 Å². The Bertz CT molecular complexity index is 714. The Kier molecular flexibility index (Phi) is 4.74. The first-order chi connectivity index (χ1) is 11.6. The van der Waals surface area contributed by atoms with Gasteiger partial charge in [0, 0.05) is 17.7 Å². The van der Waals surface area contributed by atoms with Crippen molar-refractivity contribution in [3.05, 3.63) is 29.7 Å². The highest BCUT2D eigenvalue weighted by molar-refractivity contribution is 6.02. The van der Waals surface area contributed by atoms with Gasteiger partial charge in [0.05, 0.1) is 5.48 Å². The SMILES string of the molecule is O=C(O)C(F)(F)F.[2H]c1c([2H])c([2H])c(C(=O)CC(N)C(=O)O)c(N)c1[2H]. The quantitative estimate of drug-likeness (QED) is 0.475. The summed E-state index contributed by atoms with van der Waals surface area (Å²) in [7, 11) is 0. The second-order valence-corrected chi connectivity index (χ2v) is 3.66. The molecule has 7 nitrogen and oxygen atoms in total. The summed E-state index contributed by atoms with van der Waals surface area (Å²) in [4.78, 5) is 31.3. The molecule has 1 atom stereocenters. The minimum absolute atomic E-state index is 0.409. The van der Waals surface area contributed by atoms with Crippen LogP contribution in [-0.2, 0) is 9.59 Å². The minimum atomic E-state index is -5.08. The predicted molar refractivity (Wildman–Crippen MR) is 69.1 cm³/mol. The molecule has 0 fully saturated rings. The number of halogens is 3. The number of Topliss-reactive ketones (excluding diaryl/α,β-unsaturated/α-hetero) is 1. The second-order valence-electron chi connectivity index (χ2n) is 3.66. The largest absolute Gasteiger partial charge is 0.490 e. The van der Waals surface area contributed by atoms with Crippen molar-refractivity contribution in [1.82, 2.24) is 0 Å². The van der Waals surface area contributed by atoms with Gasteiger partial charge in [0.2, 0.25) is 0 Å². The molecule has 0 aliphatic carbocycles. The van der Waals surface area contributed by atoms with E-state index in [2.05, 4.69) is 0 Å². The number of anilines is 1. The van der Waals surface area contributed by atoms with Gasteiger partial charge < -0.3 is 21.7 Å². The second kappa shape index (κ2) is 7.98. The maximum Gasteiger partial charge on any atom is 0.490 e. The van der Waals surface area contributed by atoms with Crippen molar-refractivity contribution in [3.63, 3.8) is 0 Å². The Morgan fingerprint density at radius 3 is 2.09 bits per heavy atom. The number of rotatable bonds is 4. The number of carboxylic acids is 2. The molecule has 0 aliphatic heterocycles. The van der Waals surface area contributed by atoms with Gasteiger partial charge in [-0.3, -0.25) is 9.59 Å². The number of nitrogens with two attached hydrogens (primary N) is 2. The first-order valence-corrected chi connectivity index (χ1v) is 5.30. The Balaban J connectivity index is 0.000000758. The number of benzene rings is 1. The molecule has 0 aliphatic rings. The van der Waals surface area contributed by atoms with Crippen molar-refractivity contribution in [2.45, 2.75) is 18.6 Å². The van der Waals surface area contributed by atoms with E-state index in [1.165, 1.54) is 0 Å². The number of aliphatic carboxylic acids is 2. The Labute approximate surface area is 127 Å². The summed E-state index contributed by atoms with van der Waals surface area (Å²) in [5.41, 5.74) is 9.86. The molecule has 1 rings (SSSR count). The average molecular weight is 326 g/mol. The van der Waals surface area contributed by atoms with Crippen molar-refractivity contribution in [3.8, 4) is 0 Å². The fourth-order valence-corrected chi connectivity index (χ4v) is 0.931. The van der Waals surface area contributed by atoms with E-state index in [1.54, 1.807) is 0 Å². The lowest BCUT2D eigenvalue weighted by atomic mass is 10.0. The van der Waals surface area contributed by atoms with E-state index in [4.69, 9.17) is 32.0 Å². The molecule has 1 aromatic rings. The van der Waals surface area contributed by atoms with E-state index < -0.39 is 71.8 Å². The van der Waals surface area contributed by atoms with Gasteiger partial charge >= 0.3 is 18.1 Å². The van der Waals surface area contributed by atoms with Crippen LogP contribution in [0, 0.1) is 0 Å². The summed E-state index contributed by atoms with van der Waals surface area (Å²) < 4.78 is 61.6. The molecule has 0 spiro atoms. The van der Waals surface area contributed by atoms with Gasteiger partial charge in [0.25, 0.3) is 0 Å². The van der Waals surface area contributed by atoms with Gasteiger partial charge in [0.15, 0.2) is 5.78 Å². The van der Waals surface area contributed by atoms with Crippen LogP contribution in [-0.4, -0.2) is 40.2 Å². The maximum absolute atomic E-state index is 11.8. The number of ketones is 1. The van der Waals surface area contributed by atoms with E-state index in [0.717, 1.165) is 0 Å². The molecule has 1 unspecified atom stereocenters. The van der Waals surface area contributed by atoms with Gasteiger partial charge in [-0.15, -0.1) is 0 Å². The highest BCUT2D eigenvalue weighted by atomic mass is 19.4. The smallest absolute Gasteiger partial charge is 0.480 e. The van der Waals surface area contributed by atoms with Crippen molar-refractivity contribution in [2.75, 3.05) is 5.73 Å². The fourth-order valence-electron chi connectivity index (χ4n) is 0.931. The van der Waals surface area contributed by atoms with Crippen molar-refractivity contribution < 1.29 is 43.3 Å². The van der Waals surface area contributed by atoms with Crippen molar-refractivity contribution in [1.29, 1.82) is 0 Å². The zero-order valence-electron chi connectivity index (χ0n) is 14.7. The van der Waals surface area contributed by atoms with E-state index in [1.807, 2.05) is 0 Å². The summed E-state index contributed by atoms with van der Waals surface area (Å²) in [6, 6.07) is -3.74.